The molecule has 0 aliphatic rings. The van der Waals surface area contributed by atoms with E-state index in [1.165, 1.54) is 13.0 Å². The van der Waals surface area contributed by atoms with Gasteiger partial charge in [-0.1, -0.05) is 5.92 Å². The summed E-state index contributed by atoms with van der Waals surface area (Å²) in [5.74, 6) is 1.32. The molecule has 0 radical (unpaired) electrons. The number of nitrogen functional groups attached to an aromatic ring is 1. The Morgan fingerprint density at radius 3 is 2.69 bits per heavy atom. The van der Waals surface area contributed by atoms with Crippen LogP contribution in [0.3, 0.4) is 0 Å². The van der Waals surface area contributed by atoms with Gasteiger partial charge in [0.05, 0.1) is 11.3 Å². The number of carbonyl (C=O) groups excluding carboxylic acids is 1. The van der Waals surface area contributed by atoms with Crippen LogP contribution in [0.25, 0.3) is 0 Å². The first-order valence-electron chi connectivity index (χ1n) is 3.63. The Hall–Kier alpha value is -1.82. The Kier molecular flexibility index (Phi) is 2.34. The van der Waals surface area contributed by atoms with Crippen LogP contribution in [0.2, 0.25) is 0 Å². The molecule has 0 saturated heterocycles. The number of ketones is 1. The Bertz CT molecular complexity index is 404. The first-order valence-corrected chi connectivity index (χ1v) is 3.63. The van der Waals surface area contributed by atoms with E-state index in [0.717, 1.165) is 6.07 Å². The summed E-state index contributed by atoms with van der Waals surface area (Å²) in [7, 11) is 0. The number of hydrogen-bond donors (Lipinski definition) is 1. The van der Waals surface area contributed by atoms with Crippen LogP contribution in [0.15, 0.2) is 12.1 Å². The van der Waals surface area contributed by atoms with Crippen molar-refractivity contribution in [2.24, 2.45) is 0 Å². The number of terminal acetylenes is 1. The number of hydrogen-bond acceptors (Lipinski definition) is 2. The maximum Gasteiger partial charge on any atom is 0.159 e. The van der Waals surface area contributed by atoms with Crippen LogP contribution in [0, 0.1) is 18.2 Å². The van der Waals surface area contributed by atoms with Gasteiger partial charge in [-0.05, 0) is 19.1 Å². The van der Waals surface area contributed by atoms with Crippen molar-refractivity contribution in [2.45, 2.75) is 6.92 Å². The van der Waals surface area contributed by atoms with Crippen LogP contribution in [0.4, 0.5) is 10.1 Å². The molecule has 0 amide bonds. The molecule has 0 aliphatic carbocycles. The zero-order valence-corrected chi connectivity index (χ0v) is 7.10. The minimum Gasteiger partial charge on any atom is -0.395 e. The smallest absolute Gasteiger partial charge is 0.159 e. The molecule has 0 aromatic heterocycles. The van der Waals surface area contributed by atoms with Gasteiger partial charge < -0.3 is 5.73 Å². The molecule has 0 fully saturated rings. The molecule has 0 aliphatic heterocycles. The third-order valence-corrected chi connectivity index (χ3v) is 1.69. The van der Waals surface area contributed by atoms with Crippen molar-refractivity contribution < 1.29 is 9.18 Å². The second kappa shape index (κ2) is 3.28. The van der Waals surface area contributed by atoms with Crippen molar-refractivity contribution in [1.82, 2.24) is 0 Å². The first-order chi connectivity index (χ1) is 6.06. The Morgan fingerprint density at radius 2 is 2.23 bits per heavy atom. The van der Waals surface area contributed by atoms with Crippen LogP contribution in [0.1, 0.15) is 22.8 Å². The average molecular weight is 177 g/mol. The second-order valence-corrected chi connectivity index (χ2v) is 2.62. The fourth-order valence-corrected chi connectivity index (χ4v) is 0.941. The Balaban J connectivity index is 3.41. The van der Waals surface area contributed by atoms with Crippen molar-refractivity contribution in [2.75, 3.05) is 5.73 Å². The number of benzene rings is 1. The lowest BCUT2D eigenvalue weighted by atomic mass is 10.1. The zero-order chi connectivity index (χ0) is 10.0. The normalized spacial score (nSPS) is 9.31. The maximum absolute atomic E-state index is 13.0. The van der Waals surface area contributed by atoms with Crippen LogP contribution in [-0.2, 0) is 0 Å². The van der Waals surface area contributed by atoms with Gasteiger partial charge in [-0.3, -0.25) is 4.79 Å². The van der Waals surface area contributed by atoms with E-state index in [9.17, 15) is 9.18 Å². The zero-order valence-electron chi connectivity index (χ0n) is 7.10. The summed E-state index contributed by atoms with van der Waals surface area (Å²) in [6, 6.07) is 2.49. The standard InChI is InChI=1S/C10H8FNO/c1-3-7-4-8(6(2)13)5-9(11)10(7)12/h1,4-5H,12H2,2H3. The number of carbonyl (C=O) groups is 1. The van der Waals surface area contributed by atoms with Gasteiger partial charge in [0.2, 0.25) is 0 Å². The van der Waals surface area contributed by atoms with Crippen LogP contribution >= 0.6 is 0 Å². The van der Waals surface area contributed by atoms with E-state index in [0.29, 0.717) is 0 Å². The topological polar surface area (TPSA) is 43.1 Å². The number of Topliss-reactive ketones (excluding diaryl/α,β-unsaturated/α-hetero) is 1. The lowest BCUT2D eigenvalue weighted by Gasteiger charge is -2.02. The van der Waals surface area contributed by atoms with E-state index >= 15 is 0 Å². The highest BCUT2D eigenvalue weighted by atomic mass is 19.1. The summed E-state index contributed by atoms with van der Waals surface area (Å²) in [4.78, 5) is 10.9. The number of anilines is 1. The van der Waals surface area contributed by atoms with E-state index in [1.54, 1.807) is 0 Å². The molecule has 13 heavy (non-hydrogen) atoms. The molecule has 2 nitrogen and oxygen atoms in total. The molecule has 0 spiro atoms. The van der Waals surface area contributed by atoms with Crippen molar-refractivity contribution in [3.63, 3.8) is 0 Å². The van der Waals surface area contributed by atoms with Crippen molar-refractivity contribution in [3.05, 3.63) is 29.1 Å². The highest BCUT2D eigenvalue weighted by Crippen LogP contribution is 2.18. The molecule has 0 heterocycles. The van der Waals surface area contributed by atoms with Gasteiger partial charge in [0.15, 0.2) is 5.78 Å². The molecule has 1 rings (SSSR count). The monoisotopic (exact) mass is 177 g/mol. The van der Waals surface area contributed by atoms with Crippen molar-refractivity contribution in [3.8, 4) is 12.3 Å². The highest BCUT2D eigenvalue weighted by Gasteiger charge is 2.08. The molecule has 0 bridgehead atoms. The van der Waals surface area contributed by atoms with E-state index in [2.05, 4.69) is 5.92 Å². The molecule has 1 aromatic rings. The fourth-order valence-electron chi connectivity index (χ4n) is 0.941. The molecular weight excluding hydrogens is 169 g/mol. The van der Waals surface area contributed by atoms with Gasteiger partial charge >= 0.3 is 0 Å². The maximum atomic E-state index is 13.0. The van der Waals surface area contributed by atoms with Gasteiger partial charge in [-0.15, -0.1) is 6.42 Å². The number of halogens is 1. The number of rotatable bonds is 1. The minimum absolute atomic E-state index is 0.0903. The fraction of sp³-hybridized carbons (Fsp3) is 0.100. The molecule has 0 saturated carbocycles. The highest BCUT2D eigenvalue weighted by molar-refractivity contribution is 5.95. The van der Waals surface area contributed by atoms with E-state index in [4.69, 9.17) is 12.2 Å². The van der Waals surface area contributed by atoms with E-state index in [1.807, 2.05) is 0 Å². The lowest BCUT2D eigenvalue weighted by molar-refractivity contribution is 0.101. The van der Waals surface area contributed by atoms with E-state index < -0.39 is 5.82 Å². The molecular formula is C10H8FNO. The SMILES string of the molecule is C#Cc1cc(C(C)=O)cc(F)c1N. The minimum atomic E-state index is -0.652. The van der Waals surface area contributed by atoms with Crippen LogP contribution in [-0.4, -0.2) is 5.78 Å². The summed E-state index contributed by atoms with van der Waals surface area (Å²) >= 11 is 0. The molecule has 2 N–H and O–H groups in total. The molecule has 3 heteroatoms. The van der Waals surface area contributed by atoms with Crippen molar-refractivity contribution in [1.29, 1.82) is 0 Å². The van der Waals surface area contributed by atoms with E-state index in [-0.39, 0.29) is 22.6 Å². The summed E-state index contributed by atoms with van der Waals surface area (Å²) in [5, 5.41) is 0. The summed E-state index contributed by atoms with van der Waals surface area (Å²) in [5.41, 5.74) is 5.69. The molecule has 0 unspecified atom stereocenters. The largest absolute Gasteiger partial charge is 0.395 e. The van der Waals surface area contributed by atoms with Crippen LogP contribution < -0.4 is 5.73 Å². The number of nitrogens with two attached hydrogens (primary N) is 1. The predicted molar refractivity (Wildman–Crippen MR) is 48.8 cm³/mol. The van der Waals surface area contributed by atoms with Crippen LogP contribution in [0.5, 0.6) is 0 Å². The third kappa shape index (κ3) is 1.67. The predicted octanol–water partition coefficient (Wildman–Crippen LogP) is 1.59. The third-order valence-electron chi connectivity index (χ3n) is 1.69. The molecule has 66 valence electrons. The summed E-state index contributed by atoms with van der Waals surface area (Å²) in [6.07, 6.45) is 5.08. The first kappa shape index (κ1) is 9.27. The van der Waals surface area contributed by atoms with Crippen molar-refractivity contribution >= 4 is 11.5 Å². The quantitative estimate of drug-likeness (QED) is 0.402. The van der Waals surface area contributed by atoms with Gasteiger partial charge in [-0.25, -0.2) is 4.39 Å². The van der Waals surface area contributed by atoms with Gasteiger partial charge in [0, 0.05) is 5.56 Å². The molecule has 1 aromatic carbocycles. The van der Waals surface area contributed by atoms with Gasteiger partial charge in [0.25, 0.3) is 0 Å². The average Bonchev–Trinajstić information content (AvgIpc) is 2.09. The second-order valence-electron chi connectivity index (χ2n) is 2.62. The van der Waals surface area contributed by atoms with Gasteiger partial charge in [0.1, 0.15) is 5.82 Å². The summed E-state index contributed by atoms with van der Waals surface area (Å²) < 4.78 is 13.0. The van der Waals surface area contributed by atoms with Gasteiger partial charge in [-0.2, -0.15) is 0 Å². The lowest BCUT2D eigenvalue weighted by Crippen LogP contribution is -2.00. The Labute approximate surface area is 75.6 Å². The Morgan fingerprint density at radius 1 is 1.62 bits per heavy atom. The summed E-state index contributed by atoms with van der Waals surface area (Å²) in [6.45, 7) is 1.34. The molecule has 0 atom stereocenters.